The fourth-order valence-electron chi connectivity index (χ4n) is 3.23. The molecule has 5 N–H and O–H groups in total. The molecule has 3 aliphatic rings. The number of hydrogen-bond acceptors (Lipinski definition) is 8. The first-order valence-electron chi connectivity index (χ1n) is 7.27. The molecule has 4 rings (SSSR count). The highest BCUT2D eigenvalue weighted by atomic mass is 16.5. The van der Waals surface area contributed by atoms with Gasteiger partial charge in [0.15, 0.2) is 18.2 Å². The highest BCUT2D eigenvalue weighted by Crippen LogP contribution is 2.36. The van der Waals surface area contributed by atoms with Gasteiger partial charge < -0.3 is 31.2 Å². The molecule has 1 aromatic rings. The fourth-order valence-corrected chi connectivity index (χ4v) is 3.23. The second-order valence-corrected chi connectivity index (χ2v) is 6.07. The van der Waals surface area contributed by atoms with Crippen molar-refractivity contribution >= 4 is 17.7 Å². The lowest BCUT2D eigenvalue weighted by Gasteiger charge is -2.37. The van der Waals surface area contributed by atoms with Gasteiger partial charge in [0.05, 0.1) is 24.0 Å². The Kier molecular flexibility index (Phi) is 2.96. The van der Waals surface area contributed by atoms with E-state index in [1.54, 1.807) is 6.20 Å². The topological polar surface area (TPSA) is 129 Å². The van der Waals surface area contributed by atoms with E-state index in [0.717, 1.165) is 12.8 Å². The molecule has 1 saturated carbocycles. The van der Waals surface area contributed by atoms with Gasteiger partial charge in [-0.3, -0.25) is 4.79 Å². The van der Waals surface area contributed by atoms with Gasteiger partial charge in [0, 0.05) is 6.42 Å². The number of nitrogens with zero attached hydrogens (tertiary/aromatic N) is 3. The molecular formula is C13H18N6O3. The van der Waals surface area contributed by atoms with Crippen LogP contribution in [0.4, 0.5) is 11.8 Å². The maximum Gasteiger partial charge on any atom is 0.263 e. The smallest absolute Gasteiger partial charge is 0.263 e. The molecule has 3 heterocycles. The number of hydrogen-bond donors (Lipinski definition) is 3. The van der Waals surface area contributed by atoms with Crippen LogP contribution in [0.1, 0.15) is 19.3 Å². The number of fused-ring (bicyclic) bond motifs is 2. The SMILES string of the molecule is NC1(N)CC[C@@H]2[C@@H](C1)OCN2c1ncc2c(n1)NC(=O)CO2. The highest BCUT2D eigenvalue weighted by molar-refractivity contribution is 5.94. The molecule has 2 atom stereocenters. The Bertz CT molecular complexity index is 622. The Morgan fingerprint density at radius 1 is 1.45 bits per heavy atom. The van der Waals surface area contributed by atoms with Crippen LogP contribution in [-0.4, -0.2) is 47.0 Å². The second-order valence-electron chi connectivity index (χ2n) is 6.07. The summed E-state index contributed by atoms with van der Waals surface area (Å²) in [5.41, 5.74) is 11.3. The maximum atomic E-state index is 11.4. The van der Waals surface area contributed by atoms with Gasteiger partial charge in [0.2, 0.25) is 5.95 Å². The average Bonchev–Trinajstić information content (AvgIpc) is 2.88. The Morgan fingerprint density at radius 2 is 2.32 bits per heavy atom. The molecule has 22 heavy (non-hydrogen) atoms. The van der Waals surface area contributed by atoms with E-state index in [2.05, 4.69) is 15.3 Å². The number of aromatic nitrogens is 2. The molecule has 1 aromatic heterocycles. The normalized spacial score (nSPS) is 29.4. The summed E-state index contributed by atoms with van der Waals surface area (Å²) in [6.45, 7) is 0.376. The minimum Gasteiger partial charge on any atom is -0.478 e. The van der Waals surface area contributed by atoms with Gasteiger partial charge in [-0.2, -0.15) is 4.98 Å². The zero-order valence-corrected chi connectivity index (χ0v) is 12.0. The second kappa shape index (κ2) is 4.77. The van der Waals surface area contributed by atoms with Crippen LogP contribution in [0.25, 0.3) is 0 Å². The van der Waals surface area contributed by atoms with Crippen LogP contribution in [0.15, 0.2) is 6.20 Å². The first-order valence-corrected chi connectivity index (χ1v) is 7.27. The van der Waals surface area contributed by atoms with Crippen LogP contribution >= 0.6 is 0 Å². The molecule has 0 radical (unpaired) electrons. The van der Waals surface area contributed by atoms with Crippen molar-refractivity contribution in [3.05, 3.63) is 6.20 Å². The summed E-state index contributed by atoms with van der Waals surface area (Å²) in [5, 5.41) is 2.69. The van der Waals surface area contributed by atoms with Gasteiger partial charge in [0.25, 0.3) is 5.91 Å². The lowest BCUT2D eigenvalue weighted by atomic mass is 9.85. The summed E-state index contributed by atoms with van der Waals surface area (Å²) in [4.78, 5) is 22.1. The van der Waals surface area contributed by atoms with Gasteiger partial charge in [-0.05, 0) is 12.8 Å². The molecular weight excluding hydrogens is 288 g/mol. The number of carbonyl (C=O) groups excluding carboxylic acids is 1. The summed E-state index contributed by atoms with van der Waals surface area (Å²) >= 11 is 0. The Hall–Kier alpha value is -1.97. The van der Waals surface area contributed by atoms with Gasteiger partial charge in [-0.25, -0.2) is 4.98 Å². The monoisotopic (exact) mass is 306 g/mol. The third kappa shape index (κ3) is 2.27. The van der Waals surface area contributed by atoms with Crippen LogP contribution in [0, 0.1) is 0 Å². The van der Waals surface area contributed by atoms with E-state index in [9.17, 15) is 4.79 Å². The lowest BCUT2D eigenvalue weighted by molar-refractivity contribution is -0.118. The minimum atomic E-state index is -0.671. The van der Waals surface area contributed by atoms with Gasteiger partial charge in [0.1, 0.15) is 6.73 Å². The van der Waals surface area contributed by atoms with E-state index in [4.69, 9.17) is 20.9 Å². The van der Waals surface area contributed by atoms with E-state index < -0.39 is 5.66 Å². The van der Waals surface area contributed by atoms with Crippen LogP contribution < -0.4 is 26.4 Å². The third-order valence-corrected chi connectivity index (χ3v) is 4.36. The van der Waals surface area contributed by atoms with Crippen LogP contribution in [-0.2, 0) is 9.53 Å². The fraction of sp³-hybridized carbons (Fsp3) is 0.615. The molecule has 1 saturated heterocycles. The maximum absolute atomic E-state index is 11.4. The van der Waals surface area contributed by atoms with Crippen molar-refractivity contribution in [3.8, 4) is 5.75 Å². The van der Waals surface area contributed by atoms with Crippen molar-refractivity contribution < 1.29 is 14.3 Å². The van der Waals surface area contributed by atoms with Crippen molar-refractivity contribution in [1.82, 2.24) is 9.97 Å². The molecule has 1 aliphatic carbocycles. The summed E-state index contributed by atoms with van der Waals surface area (Å²) < 4.78 is 11.1. The van der Waals surface area contributed by atoms with Gasteiger partial charge in [-0.15, -0.1) is 0 Å². The Labute approximate surface area is 127 Å². The number of rotatable bonds is 1. The zero-order valence-electron chi connectivity index (χ0n) is 12.0. The Morgan fingerprint density at radius 3 is 3.18 bits per heavy atom. The predicted molar refractivity (Wildman–Crippen MR) is 77.1 cm³/mol. The molecule has 118 valence electrons. The summed E-state index contributed by atoms with van der Waals surface area (Å²) in [6, 6.07) is 0.151. The molecule has 2 fully saturated rings. The van der Waals surface area contributed by atoms with Crippen LogP contribution in [0.2, 0.25) is 0 Å². The van der Waals surface area contributed by atoms with Gasteiger partial charge in [-0.1, -0.05) is 0 Å². The molecule has 0 bridgehead atoms. The zero-order chi connectivity index (χ0) is 15.3. The summed E-state index contributed by atoms with van der Waals surface area (Å²) in [7, 11) is 0. The molecule has 0 spiro atoms. The average molecular weight is 306 g/mol. The summed E-state index contributed by atoms with van der Waals surface area (Å²) in [6.07, 6.45) is 3.71. The van der Waals surface area contributed by atoms with Crippen molar-refractivity contribution in [2.75, 3.05) is 23.6 Å². The molecule has 0 unspecified atom stereocenters. The van der Waals surface area contributed by atoms with Crippen molar-refractivity contribution in [1.29, 1.82) is 0 Å². The highest BCUT2D eigenvalue weighted by Gasteiger charge is 2.44. The van der Waals surface area contributed by atoms with Crippen LogP contribution in [0.3, 0.4) is 0 Å². The van der Waals surface area contributed by atoms with Crippen LogP contribution in [0.5, 0.6) is 5.75 Å². The number of ether oxygens (including phenoxy) is 2. The van der Waals surface area contributed by atoms with E-state index in [0.29, 0.717) is 30.7 Å². The first kappa shape index (κ1) is 13.7. The Balaban J connectivity index is 1.58. The molecule has 9 heteroatoms. The molecule has 2 aliphatic heterocycles. The first-order chi connectivity index (χ1) is 10.5. The predicted octanol–water partition coefficient (Wildman–Crippen LogP) is -0.864. The van der Waals surface area contributed by atoms with Crippen molar-refractivity contribution in [2.24, 2.45) is 11.5 Å². The number of nitrogens with one attached hydrogen (secondary N) is 1. The third-order valence-electron chi connectivity index (χ3n) is 4.36. The molecule has 9 nitrogen and oxygen atoms in total. The van der Waals surface area contributed by atoms with E-state index in [-0.39, 0.29) is 24.7 Å². The number of carbonyl (C=O) groups is 1. The summed E-state index contributed by atoms with van der Waals surface area (Å²) in [5.74, 6) is 1.17. The minimum absolute atomic E-state index is 0.0116. The largest absolute Gasteiger partial charge is 0.478 e. The van der Waals surface area contributed by atoms with E-state index in [1.165, 1.54) is 0 Å². The number of nitrogens with two attached hydrogens (primary N) is 2. The van der Waals surface area contributed by atoms with Crippen molar-refractivity contribution in [3.63, 3.8) is 0 Å². The molecule has 0 aromatic carbocycles. The quantitative estimate of drug-likeness (QED) is 0.571. The van der Waals surface area contributed by atoms with Gasteiger partial charge >= 0.3 is 0 Å². The number of amides is 1. The number of anilines is 2. The van der Waals surface area contributed by atoms with Crippen molar-refractivity contribution in [2.45, 2.75) is 37.1 Å². The molecule has 1 amide bonds. The lowest BCUT2D eigenvalue weighted by Crippen LogP contribution is -2.57. The van der Waals surface area contributed by atoms with E-state index >= 15 is 0 Å². The standard InChI is InChI=1S/C13H18N6O3/c14-13(15)2-1-7-8(3-13)22-6-19(7)12-16-4-9-11(18-12)17-10(20)5-21-9/h4,7-8H,1-3,5-6,14-15H2,(H,16,17,18,20)/t7-,8-/m1/s1. The van der Waals surface area contributed by atoms with E-state index in [1.807, 2.05) is 4.90 Å².